The van der Waals surface area contributed by atoms with Crippen LogP contribution in [0.15, 0.2) is 24.7 Å². The standard InChI is InChI=1S/C27H36N8O/c1-17(2)24-25(20-14-35-27(28-16-29-35)19(4)18(20)3)30-21-8-9-22(31-26(21)24)34-11-7-10-33(12-13-34)15-23(36)32(5)6/h8-9,14,16-17,30H,7,10-13,15H2,1-6H3. The second kappa shape index (κ2) is 9.54. The fraction of sp³-hybridized carbons (Fsp3) is 0.481. The first-order valence-electron chi connectivity index (χ1n) is 12.7. The zero-order valence-electron chi connectivity index (χ0n) is 22.2. The molecule has 0 saturated carbocycles. The van der Waals surface area contributed by atoms with E-state index >= 15 is 0 Å². The minimum atomic E-state index is 0.152. The molecule has 0 aromatic carbocycles. The minimum Gasteiger partial charge on any atom is -0.355 e. The Morgan fingerprint density at radius 2 is 1.92 bits per heavy atom. The van der Waals surface area contributed by atoms with E-state index in [0.29, 0.717) is 12.5 Å². The molecule has 0 atom stereocenters. The number of amides is 1. The smallest absolute Gasteiger partial charge is 0.236 e. The van der Waals surface area contributed by atoms with Gasteiger partial charge in [-0.15, -0.1) is 0 Å². The van der Waals surface area contributed by atoms with Gasteiger partial charge in [-0.1, -0.05) is 13.8 Å². The van der Waals surface area contributed by atoms with E-state index in [-0.39, 0.29) is 5.91 Å². The number of hydrogen-bond donors (Lipinski definition) is 1. The van der Waals surface area contributed by atoms with Gasteiger partial charge in [0.25, 0.3) is 0 Å². The molecule has 1 saturated heterocycles. The van der Waals surface area contributed by atoms with Gasteiger partial charge in [0.05, 0.1) is 23.3 Å². The summed E-state index contributed by atoms with van der Waals surface area (Å²) in [5.41, 5.74) is 8.75. The highest BCUT2D eigenvalue weighted by Gasteiger charge is 2.23. The predicted octanol–water partition coefficient (Wildman–Crippen LogP) is 3.61. The zero-order valence-corrected chi connectivity index (χ0v) is 22.2. The lowest BCUT2D eigenvalue weighted by Gasteiger charge is -2.23. The normalized spacial score (nSPS) is 15.2. The zero-order chi connectivity index (χ0) is 25.6. The first-order valence-corrected chi connectivity index (χ1v) is 12.7. The van der Waals surface area contributed by atoms with E-state index in [1.807, 2.05) is 18.6 Å². The molecule has 36 heavy (non-hydrogen) atoms. The molecule has 1 fully saturated rings. The van der Waals surface area contributed by atoms with Crippen molar-refractivity contribution >= 4 is 28.4 Å². The van der Waals surface area contributed by atoms with Gasteiger partial charge in [-0.25, -0.2) is 14.5 Å². The Labute approximate surface area is 212 Å². The number of hydrogen-bond acceptors (Lipinski definition) is 6. The quantitative estimate of drug-likeness (QED) is 0.462. The lowest BCUT2D eigenvalue weighted by molar-refractivity contribution is -0.129. The Morgan fingerprint density at radius 3 is 2.67 bits per heavy atom. The highest BCUT2D eigenvalue weighted by Crippen LogP contribution is 2.37. The number of anilines is 1. The molecule has 1 N–H and O–H groups in total. The van der Waals surface area contributed by atoms with Gasteiger partial charge in [-0.2, -0.15) is 5.10 Å². The van der Waals surface area contributed by atoms with Gasteiger partial charge in [0.1, 0.15) is 12.1 Å². The fourth-order valence-corrected chi connectivity index (χ4v) is 5.17. The van der Waals surface area contributed by atoms with E-state index in [9.17, 15) is 4.79 Å². The molecular formula is C27H36N8O. The Kier molecular flexibility index (Phi) is 6.42. The van der Waals surface area contributed by atoms with Crippen LogP contribution in [0.5, 0.6) is 0 Å². The van der Waals surface area contributed by atoms with E-state index in [4.69, 9.17) is 4.98 Å². The summed E-state index contributed by atoms with van der Waals surface area (Å²) in [6.07, 6.45) is 4.68. The van der Waals surface area contributed by atoms with Crippen molar-refractivity contribution in [3.05, 3.63) is 41.3 Å². The average Bonchev–Trinajstić information content (AvgIpc) is 3.40. The van der Waals surface area contributed by atoms with E-state index in [2.05, 4.69) is 70.9 Å². The van der Waals surface area contributed by atoms with Crippen molar-refractivity contribution in [3.63, 3.8) is 0 Å². The largest absolute Gasteiger partial charge is 0.355 e. The van der Waals surface area contributed by atoms with Crippen molar-refractivity contribution < 1.29 is 4.79 Å². The molecule has 1 amide bonds. The maximum absolute atomic E-state index is 12.2. The summed E-state index contributed by atoms with van der Waals surface area (Å²) in [4.78, 5) is 31.7. The van der Waals surface area contributed by atoms with Crippen LogP contribution in [0.4, 0.5) is 5.82 Å². The SMILES string of the molecule is Cc1c(-c2[nH]c3ccc(N4CCCN(CC(=O)N(C)C)CC4)nc3c2C(C)C)cn2ncnc2c1C. The monoisotopic (exact) mass is 488 g/mol. The Hall–Kier alpha value is -3.46. The number of carbonyl (C=O) groups excluding carboxylic acids is 1. The molecule has 0 unspecified atom stereocenters. The van der Waals surface area contributed by atoms with Gasteiger partial charge in [0.15, 0.2) is 5.65 Å². The van der Waals surface area contributed by atoms with Crippen LogP contribution in [0.3, 0.4) is 0 Å². The van der Waals surface area contributed by atoms with Gasteiger partial charge >= 0.3 is 0 Å². The highest BCUT2D eigenvalue weighted by atomic mass is 16.2. The molecule has 1 aliphatic rings. The fourth-order valence-electron chi connectivity index (χ4n) is 5.17. The van der Waals surface area contributed by atoms with Gasteiger partial charge < -0.3 is 14.8 Å². The molecule has 0 aliphatic carbocycles. The summed E-state index contributed by atoms with van der Waals surface area (Å²) in [6.45, 7) is 12.7. The number of rotatable bonds is 5. The van der Waals surface area contributed by atoms with Gasteiger partial charge in [0, 0.05) is 57.6 Å². The summed E-state index contributed by atoms with van der Waals surface area (Å²) in [5, 5.41) is 4.39. The van der Waals surface area contributed by atoms with E-state index in [0.717, 1.165) is 71.9 Å². The van der Waals surface area contributed by atoms with Gasteiger partial charge in [-0.05, 0) is 49.4 Å². The first kappa shape index (κ1) is 24.2. The number of fused-ring (bicyclic) bond motifs is 2. The third kappa shape index (κ3) is 4.32. The highest BCUT2D eigenvalue weighted by molar-refractivity contribution is 5.90. The third-order valence-electron chi connectivity index (χ3n) is 7.41. The summed E-state index contributed by atoms with van der Waals surface area (Å²) in [5.74, 6) is 1.44. The van der Waals surface area contributed by atoms with Crippen LogP contribution in [-0.2, 0) is 4.79 Å². The number of H-pyrrole nitrogens is 1. The summed E-state index contributed by atoms with van der Waals surface area (Å²) >= 11 is 0. The van der Waals surface area contributed by atoms with Crippen LogP contribution < -0.4 is 4.90 Å². The number of pyridine rings is 2. The van der Waals surface area contributed by atoms with Crippen LogP contribution in [0.2, 0.25) is 0 Å². The maximum atomic E-state index is 12.2. The van der Waals surface area contributed by atoms with Gasteiger partial charge in [0.2, 0.25) is 5.91 Å². The Balaban J connectivity index is 1.50. The van der Waals surface area contributed by atoms with Crippen molar-refractivity contribution in [1.29, 1.82) is 0 Å². The summed E-state index contributed by atoms with van der Waals surface area (Å²) < 4.78 is 1.86. The number of aromatic nitrogens is 5. The molecule has 0 spiro atoms. The first-order chi connectivity index (χ1) is 17.2. The van der Waals surface area contributed by atoms with Crippen LogP contribution in [0, 0.1) is 13.8 Å². The van der Waals surface area contributed by atoms with Crippen molar-refractivity contribution in [1.82, 2.24) is 34.4 Å². The lowest BCUT2D eigenvalue weighted by atomic mass is 9.95. The van der Waals surface area contributed by atoms with Crippen LogP contribution in [0.1, 0.15) is 42.9 Å². The van der Waals surface area contributed by atoms with Crippen LogP contribution in [-0.4, -0.2) is 87.1 Å². The summed E-state index contributed by atoms with van der Waals surface area (Å²) in [6, 6.07) is 4.27. The average molecular weight is 489 g/mol. The van der Waals surface area contributed by atoms with E-state index < -0.39 is 0 Å². The molecule has 0 bridgehead atoms. The van der Waals surface area contributed by atoms with Crippen molar-refractivity contribution in [2.45, 2.75) is 40.0 Å². The number of nitrogens with zero attached hydrogens (tertiary/aromatic N) is 7. The van der Waals surface area contributed by atoms with Crippen LogP contribution >= 0.6 is 0 Å². The molecule has 9 heteroatoms. The topological polar surface area (TPSA) is 85.7 Å². The molecule has 0 radical (unpaired) electrons. The number of likely N-dealkylation sites (N-methyl/N-ethyl adjacent to an activating group) is 1. The lowest BCUT2D eigenvalue weighted by Crippen LogP contribution is -2.38. The van der Waals surface area contributed by atoms with E-state index in [1.54, 1.807) is 11.2 Å². The van der Waals surface area contributed by atoms with Crippen LogP contribution in [0.25, 0.3) is 27.9 Å². The second-order valence-electron chi connectivity index (χ2n) is 10.4. The van der Waals surface area contributed by atoms with Crippen molar-refractivity contribution in [2.24, 2.45) is 0 Å². The Morgan fingerprint density at radius 1 is 1.11 bits per heavy atom. The predicted molar refractivity (Wildman–Crippen MR) is 144 cm³/mol. The van der Waals surface area contributed by atoms with Crippen molar-refractivity contribution in [2.75, 3.05) is 51.7 Å². The maximum Gasteiger partial charge on any atom is 0.236 e. The molecule has 4 aromatic rings. The van der Waals surface area contributed by atoms with Gasteiger partial charge in [-0.3, -0.25) is 9.69 Å². The second-order valence-corrected chi connectivity index (χ2v) is 10.4. The minimum absolute atomic E-state index is 0.152. The van der Waals surface area contributed by atoms with Crippen molar-refractivity contribution in [3.8, 4) is 11.3 Å². The molecule has 1 aliphatic heterocycles. The number of nitrogens with one attached hydrogen (secondary N) is 1. The van der Waals surface area contributed by atoms with E-state index in [1.165, 1.54) is 11.1 Å². The molecule has 5 rings (SSSR count). The third-order valence-corrected chi connectivity index (χ3v) is 7.41. The molecule has 190 valence electrons. The molecular weight excluding hydrogens is 452 g/mol. The number of aryl methyl sites for hydroxylation is 1. The number of carbonyl (C=O) groups is 1. The number of aromatic amines is 1. The molecule has 5 heterocycles. The molecule has 9 nitrogen and oxygen atoms in total. The Bertz CT molecular complexity index is 1420. The summed E-state index contributed by atoms with van der Waals surface area (Å²) in [7, 11) is 3.63. The molecule has 4 aromatic heterocycles.